The number of rotatable bonds is 4. The molecule has 1 spiro atoms. The molecule has 2 aromatic rings. The third-order valence-corrected chi connectivity index (χ3v) is 10.4. The Hall–Kier alpha value is -2.68. The van der Waals surface area contributed by atoms with Gasteiger partial charge in [0.05, 0.1) is 16.6 Å². The Kier molecular flexibility index (Phi) is 5.55. The lowest BCUT2D eigenvalue weighted by atomic mass is 9.77. The van der Waals surface area contributed by atoms with Crippen LogP contribution in [0, 0.1) is 12.3 Å². The highest BCUT2D eigenvalue weighted by Crippen LogP contribution is 2.44. The second-order valence-corrected chi connectivity index (χ2v) is 12.7. The molecular weight excluding hydrogens is 476 g/mol. The highest BCUT2D eigenvalue weighted by Gasteiger charge is 2.41. The van der Waals surface area contributed by atoms with Gasteiger partial charge in [-0.05, 0) is 98.1 Å². The summed E-state index contributed by atoms with van der Waals surface area (Å²) in [5.74, 6) is -0.280. The molecular formula is C28H32N2O5S. The van der Waals surface area contributed by atoms with Gasteiger partial charge in [-0.1, -0.05) is 6.07 Å². The number of β-amino-alcohol motifs (C(OH)–C–C–N with tert-alkyl or cyclic N) is 1. The highest BCUT2D eigenvalue weighted by molar-refractivity contribution is 7.95. The van der Waals surface area contributed by atoms with Crippen LogP contribution in [-0.2, 0) is 21.2 Å². The molecule has 8 heteroatoms. The van der Waals surface area contributed by atoms with E-state index in [-0.39, 0.29) is 11.4 Å². The number of carbonyl (C=O) groups excluding carboxylic acids is 1. The van der Waals surface area contributed by atoms with Gasteiger partial charge >= 0.3 is 5.97 Å². The van der Waals surface area contributed by atoms with Gasteiger partial charge < -0.3 is 19.6 Å². The van der Waals surface area contributed by atoms with Gasteiger partial charge in [-0.15, -0.1) is 0 Å². The van der Waals surface area contributed by atoms with Crippen molar-refractivity contribution in [2.45, 2.75) is 50.7 Å². The topological polar surface area (TPSA) is 87.2 Å². The van der Waals surface area contributed by atoms with Crippen LogP contribution in [0.3, 0.4) is 0 Å². The monoisotopic (exact) mass is 508 g/mol. The summed E-state index contributed by atoms with van der Waals surface area (Å²) in [4.78, 5) is 17.0. The van der Waals surface area contributed by atoms with Gasteiger partial charge in [-0.25, -0.2) is 13.2 Å². The number of fused-ring (bicyclic) bond motifs is 2. The number of aliphatic hydroxyl groups excluding tert-OH is 1. The second kappa shape index (κ2) is 8.43. The van der Waals surface area contributed by atoms with E-state index in [1.165, 1.54) is 5.41 Å². The van der Waals surface area contributed by atoms with E-state index in [0.717, 1.165) is 79.0 Å². The second-order valence-electron chi connectivity index (χ2n) is 10.9. The van der Waals surface area contributed by atoms with Crippen LogP contribution in [0.1, 0.15) is 64.9 Å². The van der Waals surface area contributed by atoms with Gasteiger partial charge in [0.15, 0.2) is 0 Å². The number of hydrogen-bond donors (Lipinski definition) is 1. The van der Waals surface area contributed by atoms with Crippen molar-refractivity contribution in [2.75, 3.05) is 37.6 Å². The van der Waals surface area contributed by atoms with Crippen LogP contribution >= 0.6 is 0 Å². The molecule has 0 saturated carbocycles. The van der Waals surface area contributed by atoms with Crippen LogP contribution in [0.2, 0.25) is 0 Å². The number of carbonyl (C=O) groups is 1. The average Bonchev–Trinajstić information content (AvgIpc) is 3.50. The summed E-state index contributed by atoms with van der Waals surface area (Å²) in [7, 11) is -3.29. The van der Waals surface area contributed by atoms with Gasteiger partial charge in [0.2, 0.25) is 9.84 Å². The first-order valence-corrected chi connectivity index (χ1v) is 14.2. The van der Waals surface area contributed by atoms with E-state index < -0.39 is 15.9 Å². The molecule has 1 unspecified atom stereocenters. The molecule has 2 fully saturated rings. The largest absolute Gasteiger partial charge is 0.457 e. The number of sulfone groups is 1. The van der Waals surface area contributed by atoms with Gasteiger partial charge in [0.1, 0.15) is 6.61 Å². The predicted molar refractivity (Wildman–Crippen MR) is 137 cm³/mol. The Morgan fingerprint density at radius 2 is 1.81 bits per heavy atom. The number of allylic oxidation sites excluding steroid dienone is 1. The zero-order valence-corrected chi connectivity index (χ0v) is 21.6. The van der Waals surface area contributed by atoms with Crippen molar-refractivity contribution in [1.29, 1.82) is 0 Å². The van der Waals surface area contributed by atoms with Crippen molar-refractivity contribution in [2.24, 2.45) is 5.41 Å². The summed E-state index contributed by atoms with van der Waals surface area (Å²) in [6, 6.07) is 9.38. The lowest BCUT2D eigenvalue weighted by Gasteiger charge is -2.40. The van der Waals surface area contributed by atoms with Gasteiger partial charge in [-0.3, -0.25) is 0 Å². The number of ether oxygens (including phenoxy) is 1. The number of piperidine rings is 1. The summed E-state index contributed by atoms with van der Waals surface area (Å²) >= 11 is 0. The molecule has 0 aliphatic carbocycles. The van der Waals surface area contributed by atoms with E-state index in [9.17, 15) is 18.3 Å². The van der Waals surface area contributed by atoms with Crippen LogP contribution < -0.4 is 4.90 Å². The van der Waals surface area contributed by atoms with E-state index in [1.54, 1.807) is 12.1 Å². The molecule has 0 bridgehead atoms. The minimum atomic E-state index is -3.29. The van der Waals surface area contributed by atoms with E-state index in [4.69, 9.17) is 4.74 Å². The number of cyclic esters (lactones) is 1. The quantitative estimate of drug-likeness (QED) is 0.628. The Bertz CT molecular complexity index is 1390. The van der Waals surface area contributed by atoms with Crippen LogP contribution in [-0.4, -0.2) is 57.1 Å². The first-order valence-electron chi connectivity index (χ1n) is 12.7. The highest BCUT2D eigenvalue weighted by atomic mass is 32.2. The van der Waals surface area contributed by atoms with Crippen LogP contribution in [0.15, 0.2) is 40.6 Å². The van der Waals surface area contributed by atoms with Crippen LogP contribution in [0.4, 0.5) is 5.69 Å². The molecule has 0 radical (unpaired) electrons. The summed E-state index contributed by atoms with van der Waals surface area (Å²) in [6.07, 6.45) is 2.70. The van der Waals surface area contributed by atoms with Crippen LogP contribution in [0.5, 0.6) is 0 Å². The molecule has 6 rings (SSSR count). The zero-order valence-electron chi connectivity index (χ0n) is 20.8. The summed E-state index contributed by atoms with van der Waals surface area (Å²) in [6.45, 7) is 8.55. The van der Waals surface area contributed by atoms with Crippen LogP contribution in [0.25, 0.3) is 5.57 Å². The molecule has 1 atom stereocenters. The van der Waals surface area contributed by atoms with Gasteiger partial charge in [-0.2, -0.15) is 0 Å². The number of anilines is 1. The lowest BCUT2D eigenvalue weighted by Crippen LogP contribution is -2.43. The molecule has 190 valence electrons. The summed E-state index contributed by atoms with van der Waals surface area (Å²) in [5.41, 5.74) is 6.35. The number of aliphatic hydroxyl groups is 1. The molecule has 36 heavy (non-hydrogen) atoms. The Balaban J connectivity index is 1.09. The maximum absolute atomic E-state index is 12.3. The predicted octanol–water partition coefficient (Wildman–Crippen LogP) is 3.84. The number of esters is 1. The van der Waals surface area contributed by atoms with Crippen molar-refractivity contribution in [1.82, 2.24) is 4.90 Å². The molecule has 4 aliphatic rings. The minimum absolute atomic E-state index is 0.263. The molecule has 4 aliphatic heterocycles. The Morgan fingerprint density at radius 1 is 1.06 bits per heavy atom. The lowest BCUT2D eigenvalue weighted by molar-refractivity contribution is 0.0534. The minimum Gasteiger partial charge on any atom is -0.457 e. The van der Waals surface area contributed by atoms with Gasteiger partial charge in [0.25, 0.3) is 0 Å². The van der Waals surface area contributed by atoms with E-state index in [0.29, 0.717) is 23.6 Å². The fourth-order valence-corrected chi connectivity index (χ4v) is 7.98. The summed E-state index contributed by atoms with van der Waals surface area (Å²) in [5, 5.41) is 12.4. The van der Waals surface area contributed by atoms with Crippen molar-refractivity contribution < 1.29 is 23.1 Å². The molecule has 1 N–H and O–H groups in total. The standard InChI is InChI=1S/C28H32N2O5S/c1-18-16-36(33,34)26-6-3-20(13-23(18)26)30-12-9-28(17-30)7-10-29(11-8-28)14-25(31)21-4-5-22-24(19(21)2)15-35-27(22)32/h3-6,13,16,25,31H,7-12,14-15,17H2,1-2H3. The van der Waals surface area contributed by atoms with Crippen molar-refractivity contribution in [3.8, 4) is 0 Å². The number of nitrogens with zero attached hydrogens (tertiary/aromatic N) is 2. The number of likely N-dealkylation sites (tertiary alicyclic amines) is 1. The number of hydrogen-bond acceptors (Lipinski definition) is 7. The SMILES string of the molecule is CC1=CS(=O)(=O)c2ccc(N3CCC4(CCN(CC(O)c5ccc6c(c5C)COC6=O)CC4)C3)cc21. The Labute approximate surface area is 212 Å². The van der Waals surface area contributed by atoms with Crippen molar-refractivity contribution in [3.63, 3.8) is 0 Å². The third kappa shape index (κ3) is 3.86. The third-order valence-electron chi connectivity index (χ3n) is 8.74. The maximum atomic E-state index is 12.3. The van der Waals surface area contributed by atoms with Crippen molar-refractivity contribution in [3.05, 3.63) is 63.6 Å². The van der Waals surface area contributed by atoms with Gasteiger partial charge in [0, 0.05) is 36.3 Å². The molecule has 4 heterocycles. The molecule has 2 aromatic carbocycles. The molecule has 0 aromatic heterocycles. The van der Waals surface area contributed by atoms with Crippen molar-refractivity contribution >= 4 is 27.1 Å². The first kappa shape index (κ1) is 23.7. The Morgan fingerprint density at radius 3 is 2.58 bits per heavy atom. The smallest absolute Gasteiger partial charge is 0.338 e. The average molecular weight is 509 g/mol. The fraction of sp³-hybridized carbons (Fsp3) is 0.464. The molecule has 0 amide bonds. The zero-order chi connectivity index (χ0) is 25.2. The van der Waals surface area contributed by atoms with E-state index in [2.05, 4.69) is 9.80 Å². The summed E-state index contributed by atoms with van der Waals surface area (Å²) < 4.78 is 29.7. The normalized spacial score (nSPS) is 22.9. The van der Waals surface area contributed by atoms with E-state index >= 15 is 0 Å². The first-order chi connectivity index (χ1) is 17.2. The fourth-order valence-electron chi connectivity index (χ4n) is 6.48. The van der Waals surface area contributed by atoms with E-state index in [1.807, 2.05) is 32.0 Å². The number of benzene rings is 2. The molecule has 7 nitrogen and oxygen atoms in total. The maximum Gasteiger partial charge on any atom is 0.338 e. The molecule has 2 saturated heterocycles.